The summed E-state index contributed by atoms with van der Waals surface area (Å²) in [4.78, 5) is 14.1. The third-order valence-electron chi connectivity index (χ3n) is 16.1. The minimum Gasteiger partial charge on any atom is -0.432 e. The fourth-order valence-electron chi connectivity index (χ4n) is 13.3. The topological polar surface area (TPSA) is 186 Å². The molecule has 268 valence electrons. The van der Waals surface area contributed by atoms with Gasteiger partial charge in [-0.25, -0.2) is 0 Å². The Kier molecular flexibility index (Phi) is 7.77. The first-order valence-corrected chi connectivity index (χ1v) is 18.0. The van der Waals surface area contributed by atoms with Crippen LogP contribution in [-0.4, -0.2) is 109 Å². The van der Waals surface area contributed by atoms with E-state index < -0.39 is 71.9 Å². The molecule has 5 aliphatic carbocycles. The van der Waals surface area contributed by atoms with Gasteiger partial charge in [-0.1, -0.05) is 13.8 Å². The van der Waals surface area contributed by atoms with Crippen molar-refractivity contribution in [1.82, 2.24) is 0 Å². The summed E-state index contributed by atoms with van der Waals surface area (Å²) >= 11 is 0. The zero-order valence-electron chi connectivity index (χ0n) is 28.9. The van der Waals surface area contributed by atoms with Crippen molar-refractivity contribution in [3.05, 3.63) is 0 Å². The quantitative estimate of drug-likeness (QED) is 0.212. The average Bonchev–Trinajstić information content (AvgIpc) is 3.39. The SMILES string of the molecule is CC(C)(O)[C@H]1CC[C@@](C)([C@H]2CC[C@@]3(C)[C@H]4CC[C@H]5[C@](C)(C(=O)O[C@H]6O[C@@H](CO)[C@@H](O)[C@@H](O)[C@H]6O)[C@@H](O)C[C@@H](O)[C@]56C[C@]46CC[C@@]23C)O1. The molecular weight excluding hydrogens is 608 g/mol. The van der Waals surface area contributed by atoms with Gasteiger partial charge in [0, 0.05) is 11.8 Å². The van der Waals surface area contributed by atoms with Gasteiger partial charge < -0.3 is 50.0 Å². The number of fused-ring (bicyclic) bond motifs is 2. The van der Waals surface area contributed by atoms with Crippen molar-refractivity contribution < 1.29 is 54.8 Å². The first-order valence-electron chi connectivity index (χ1n) is 18.0. The Morgan fingerprint density at radius 3 is 2.11 bits per heavy atom. The van der Waals surface area contributed by atoms with E-state index in [9.17, 15) is 40.5 Å². The van der Waals surface area contributed by atoms with Crippen LogP contribution in [0.25, 0.3) is 0 Å². The summed E-state index contributed by atoms with van der Waals surface area (Å²) in [6.07, 6.45) is -1.93. The van der Waals surface area contributed by atoms with Gasteiger partial charge in [0.1, 0.15) is 24.4 Å². The van der Waals surface area contributed by atoms with Gasteiger partial charge in [0.15, 0.2) is 0 Å². The van der Waals surface area contributed by atoms with Crippen LogP contribution in [0.3, 0.4) is 0 Å². The van der Waals surface area contributed by atoms with Gasteiger partial charge in [-0.15, -0.1) is 0 Å². The molecule has 2 heterocycles. The molecule has 17 atom stereocenters. The largest absolute Gasteiger partial charge is 0.432 e. The van der Waals surface area contributed by atoms with Crippen molar-refractivity contribution in [1.29, 1.82) is 0 Å². The predicted octanol–water partition coefficient (Wildman–Crippen LogP) is 1.79. The number of esters is 1. The maximum Gasteiger partial charge on any atom is 0.317 e. The normalized spacial score (nSPS) is 58.6. The molecule has 0 aromatic rings. The van der Waals surface area contributed by atoms with Crippen LogP contribution < -0.4 is 0 Å². The lowest BCUT2D eigenvalue weighted by Gasteiger charge is -2.64. The third-order valence-corrected chi connectivity index (χ3v) is 16.1. The molecule has 11 heteroatoms. The Bertz CT molecular complexity index is 1270. The van der Waals surface area contributed by atoms with E-state index in [-0.39, 0.29) is 40.3 Å². The van der Waals surface area contributed by atoms with Crippen molar-refractivity contribution in [2.75, 3.05) is 6.61 Å². The molecule has 2 saturated heterocycles. The van der Waals surface area contributed by atoms with Crippen molar-refractivity contribution in [2.45, 2.75) is 166 Å². The maximum absolute atomic E-state index is 14.1. The zero-order valence-corrected chi connectivity index (χ0v) is 28.9. The summed E-state index contributed by atoms with van der Waals surface area (Å²) in [6.45, 7) is 11.9. The lowest BCUT2D eigenvalue weighted by molar-refractivity contribution is -0.300. The van der Waals surface area contributed by atoms with Gasteiger partial charge in [0.05, 0.1) is 41.5 Å². The van der Waals surface area contributed by atoms with Crippen molar-refractivity contribution in [3.63, 3.8) is 0 Å². The highest BCUT2D eigenvalue weighted by molar-refractivity contribution is 5.78. The molecule has 7 rings (SSSR count). The monoisotopic (exact) mass is 666 g/mol. The summed E-state index contributed by atoms with van der Waals surface area (Å²) < 4.78 is 18.0. The molecule has 0 amide bonds. The van der Waals surface area contributed by atoms with Gasteiger partial charge in [0.25, 0.3) is 0 Å². The molecule has 2 aliphatic heterocycles. The fourth-order valence-corrected chi connectivity index (χ4v) is 13.3. The molecule has 0 radical (unpaired) electrons. The summed E-state index contributed by atoms with van der Waals surface area (Å²) in [5.74, 6) is -0.461. The van der Waals surface area contributed by atoms with Gasteiger partial charge in [-0.05, 0) is 119 Å². The summed E-state index contributed by atoms with van der Waals surface area (Å²) in [6, 6.07) is 0. The molecule has 7 fully saturated rings. The lowest BCUT2D eigenvalue weighted by Crippen LogP contribution is -2.65. The number of aliphatic hydroxyl groups excluding tert-OH is 6. The first-order chi connectivity index (χ1) is 21.8. The van der Waals surface area contributed by atoms with Crippen LogP contribution >= 0.6 is 0 Å². The van der Waals surface area contributed by atoms with E-state index in [1.54, 1.807) is 6.92 Å². The van der Waals surface area contributed by atoms with E-state index in [1.807, 2.05) is 13.8 Å². The Morgan fingerprint density at radius 2 is 1.47 bits per heavy atom. The Labute approximate surface area is 278 Å². The minimum absolute atomic E-state index is 0.00719. The van der Waals surface area contributed by atoms with E-state index in [2.05, 4.69) is 20.8 Å². The highest BCUT2D eigenvalue weighted by atomic mass is 16.7. The molecule has 7 N–H and O–H groups in total. The van der Waals surface area contributed by atoms with Crippen LogP contribution in [0, 0.1) is 44.8 Å². The molecule has 0 aromatic heterocycles. The standard InChI is InChI=1S/C36H58O11/c1-30(2,44)24-10-12-33(5,47-24)19-9-11-31(3)20-7-8-21-34(6,29(43)46-28-27(42)26(41)25(40)18(16-37)45-28)22(38)15-23(39)36(21)17-35(20,36)14-13-32(19,31)4/h18-28,37-42,44H,7-17H2,1-6H3/t18-,19-,20+,21-,22-,23+,24+,25+,26+,27+,28+,31-,32-,33-,34-,35+,36-/m0/s1. The van der Waals surface area contributed by atoms with E-state index in [4.69, 9.17) is 14.2 Å². The van der Waals surface area contributed by atoms with E-state index in [0.29, 0.717) is 18.3 Å². The third kappa shape index (κ3) is 4.27. The van der Waals surface area contributed by atoms with E-state index in [1.165, 1.54) is 0 Å². The van der Waals surface area contributed by atoms with Crippen molar-refractivity contribution >= 4 is 5.97 Å². The highest BCUT2D eigenvalue weighted by Crippen LogP contribution is 2.89. The molecule has 0 bridgehead atoms. The van der Waals surface area contributed by atoms with Crippen molar-refractivity contribution in [3.8, 4) is 0 Å². The number of aliphatic hydroxyl groups is 7. The van der Waals surface area contributed by atoms with Crippen LogP contribution in [-0.2, 0) is 19.0 Å². The molecule has 7 aliphatic rings. The van der Waals surface area contributed by atoms with Crippen LogP contribution in [0.5, 0.6) is 0 Å². The van der Waals surface area contributed by atoms with Gasteiger partial charge in [-0.2, -0.15) is 0 Å². The fraction of sp³-hybridized carbons (Fsp3) is 0.972. The Morgan fingerprint density at radius 1 is 0.809 bits per heavy atom. The van der Waals surface area contributed by atoms with Gasteiger partial charge >= 0.3 is 5.97 Å². The number of rotatable bonds is 5. The van der Waals surface area contributed by atoms with Gasteiger partial charge in [-0.3, -0.25) is 4.79 Å². The lowest BCUT2D eigenvalue weighted by atomic mass is 9.41. The average molecular weight is 667 g/mol. The molecular formula is C36H58O11. The smallest absolute Gasteiger partial charge is 0.317 e. The number of carbonyl (C=O) groups excluding carboxylic acids is 1. The second-order valence-corrected chi connectivity index (χ2v) is 18.2. The Hall–Kier alpha value is -0.890. The molecule has 5 saturated carbocycles. The van der Waals surface area contributed by atoms with E-state index in [0.717, 1.165) is 51.4 Å². The molecule has 11 nitrogen and oxygen atoms in total. The zero-order chi connectivity index (χ0) is 34.3. The summed E-state index contributed by atoms with van der Waals surface area (Å²) in [5, 5.41) is 74.9. The minimum atomic E-state index is -1.74. The second kappa shape index (κ2) is 10.6. The maximum atomic E-state index is 14.1. The summed E-state index contributed by atoms with van der Waals surface area (Å²) in [5.41, 5.74) is -3.34. The van der Waals surface area contributed by atoms with E-state index >= 15 is 0 Å². The number of carbonyl (C=O) groups is 1. The van der Waals surface area contributed by atoms with Gasteiger partial charge in [0.2, 0.25) is 6.29 Å². The van der Waals surface area contributed by atoms with Crippen LogP contribution in [0.4, 0.5) is 0 Å². The van der Waals surface area contributed by atoms with Crippen LogP contribution in [0.2, 0.25) is 0 Å². The molecule has 0 aromatic carbocycles. The number of hydrogen-bond acceptors (Lipinski definition) is 11. The molecule has 0 unspecified atom stereocenters. The van der Waals surface area contributed by atoms with Crippen molar-refractivity contribution in [2.24, 2.45) is 44.8 Å². The van der Waals surface area contributed by atoms with Crippen LogP contribution in [0.15, 0.2) is 0 Å². The number of hydrogen-bond donors (Lipinski definition) is 7. The van der Waals surface area contributed by atoms with Crippen LogP contribution in [0.1, 0.15) is 106 Å². The Balaban J connectivity index is 1.16. The first kappa shape index (κ1) is 34.6. The predicted molar refractivity (Wildman–Crippen MR) is 167 cm³/mol. The summed E-state index contributed by atoms with van der Waals surface area (Å²) in [7, 11) is 0. The second-order valence-electron chi connectivity index (χ2n) is 18.2. The highest BCUT2D eigenvalue weighted by Gasteiger charge is 2.86. The number of ether oxygens (including phenoxy) is 3. The molecule has 2 spiro atoms. The molecule has 47 heavy (non-hydrogen) atoms.